The van der Waals surface area contributed by atoms with Gasteiger partial charge in [-0.1, -0.05) is 30.3 Å². The molecule has 1 aromatic rings. The summed E-state index contributed by atoms with van der Waals surface area (Å²) in [5.41, 5.74) is 0.946. The molecule has 1 N–H and O–H groups in total. The van der Waals surface area contributed by atoms with E-state index in [1.54, 1.807) is 7.11 Å². The highest BCUT2D eigenvalue weighted by Crippen LogP contribution is 2.33. The fourth-order valence-electron chi connectivity index (χ4n) is 2.52. The molecule has 2 fully saturated rings. The number of benzene rings is 1. The molecule has 0 bridgehead atoms. The Morgan fingerprint density at radius 2 is 2.00 bits per heavy atom. The Morgan fingerprint density at radius 3 is 2.74 bits per heavy atom. The van der Waals surface area contributed by atoms with Gasteiger partial charge in [-0.25, -0.2) is 0 Å². The SMILES string of the molecule is CO[C@@H]1C[C@@H](O)[C@@H]2OC(c3ccccc3)OCC2O1. The average molecular weight is 266 g/mol. The lowest BCUT2D eigenvalue weighted by atomic mass is 10.0. The second-order valence-corrected chi connectivity index (χ2v) is 4.82. The molecule has 0 radical (unpaired) electrons. The first kappa shape index (κ1) is 13.0. The maximum Gasteiger partial charge on any atom is 0.184 e. The molecule has 19 heavy (non-hydrogen) atoms. The fraction of sp³-hybridized carbons (Fsp3) is 0.571. The van der Waals surface area contributed by atoms with Gasteiger partial charge in [0, 0.05) is 19.1 Å². The van der Waals surface area contributed by atoms with Crippen molar-refractivity contribution in [3.63, 3.8) is 0 Å². The van der Waals surface area contributed by atoms with Gasteiger partial charge in [0.25, 0.3) is 0 Å². The number of hydrogen-bond acceptors (Lipinski definition) is 5. The first-order valence-electron chi connectivity index (χ1n) is 6.46. The van der Waals surface area contributed by atoms with Gasteiger partial charge in [0.15, 0.2) is 12.6 Å². The van der Waals surface area contributed by atoms with Crippen LogP contribution in [0.2, 0.25) is 0 Å². The second-order valence-electron chi connectivity index (χ2n) is 4.82. The van der Waals surface area contributed by atoms with Gasteiger partial charge < -0.3 is 24.1 Å². The van der Waals surface area contributed by atoms with Crippen molar-refractivity contribution in [1.82, 2.24) is 0 Å². The third kappa shape index (κ3) is 2.66. The lowest BCUT2D eigenvalue weighted by molar-refractivity contribution is -0.334. The van der Waals surface area contributed by atoms with Crippen LogP contribution in [0.1, 0.15) is 18.3 Å². The van der Waals surface area contributed by atoms with Crippen molar-refractivity contribution in [1.29, 1.82) is 0 Å². The Hall–Kier alpha value is -0.980. The van der Waals surface area contributed by atoms with E-state index in [-0.39, 0.29) is 12.2 Å². The number of aliphatic hydroxyl groups excluding tert-OH is 1. The molecule has 2 unspecified atom stereocenters. The Labute approximate surface area is 112 Å². The van der Waals surface area contributed by atoms with Gasteiger partial charge >= 0.3 is 0 Å². The van der Waals surface area contributed by atoms with Crippen molar-refractivity contribution in [2.24, 2.45) is 0 Å². The standard InChI is InChI=1S/C14H18O5/c1-16-12-7-10(15)13-11(18-12)8-17-14(19-13)9-5-3-2-4-6-9/h2-6,10-15H,7-8H2,1H3/t10-,11?,12+,13+,14?/m1/s1. The molecule has 3 rings (SSSR count). The molecule has 5 atom stereocenters. The van der Waals surface area contributed by atoms with E-state index in [2.05, 4.69) is 0 Å². The molecule has 2 saturated heterocycles. The Morgan fingerprint density at radius 1 is 1.21 bits per heavy atom. The minimum Gasteiger partial charge on any atom is -0.390 e. The van der Waals surface area contributed by atoms with Gasteiger partial charge in [0.1, 0.15) is 12.2 Å². The predicted molar refractivity (Wildman–Crippen MR) is 66.3 cm³/mol. The van der Waals surface area contributed by atoms with E-state index in [1.165, 1.54) is 0 Å². The molecule has 5 nitrogen and oxygen atoms in total. The van der Waals surface area contributed by atoms with Crippen LogP contribution in [-0.2, 0) is 18.9 Å². The van der Waals surface area contributed by atoms with Crippen LogP contribution in [0.15, 0.2) is 30.3 Å². The Kier molecular flexibility index (Phi) is 3.81. The highest BCUT2D eigenvalue weighted by Gasteiger charge is 2.43. The number of fused-ring (bicyclic) bond motifs is 1. The van der Waals surface area contributed by atoms with Crippen LogP contribution in [-0.4, -0.2) is 43.4 Å². The molecule has 2 heterocycles. The summed E-state index contributed by atoms with van der Waals surface area (Å²) >= 11 is 0. The van der Waals surface area contributed by atoms with Crippen LogP contribution >= 0.6 is 0 Å². The van der Waals surface area contributed by atoms with Gasteiger partial charge in [-0.2, -0.15) is 0 Å². The Bertz CT molecular complexity index is 410. The zero-order chi connectivity index (χ0) is 13.2. The fourth-order valence-corrected chi connectivity index (χ4v) is 2.52. The maximum absolute atomic E-state index is 10.1. The van der Waals surface area contributed by atoms with Gasteiger partial charge in [-0.15, -0.1) is 0 Å². The van der Waals surface area contributed by atoms with E-state index in [0.29, 0.717) is 13.0 Å². The first-order valence-corrected chi connectivity index (χ1v) is 6.46. The molecule has 1 aromatic carbocycles. The summed E-state index contributed by atoms with van der Waals surface area (Å²) in [6.07, 6.45) is -1.67. The number of hydrogen-bond donors (Lipinski definition) is 1. The Balaban J connectivity index is 1.70. The van der Waals surface area contributed by atoms with Crippen LogP contribution in [0.4, 0.5) is 0 Å². The molecular formula is C14H18O5. The molecule has 0 saturated carbocycles. The molecule has 2 aliphatic rings. The molecule has 2 aliphatic heterocycles. The summed E-state index contributed by atoms with van der Waals surface area (Å²) in [4.78, 5) is 0. The molecule has 0 aromatic heterocycles. The number of rotatable bonds is 2. The van der Waals surface area contributed by atoms with Gasteiger partial charge in [0.05, 0.1) is 12.7 Å². The van der Waals surface area contributed by atoms with Crippen molar-refractivity contribution in [2.45, 2.75) is 37.3 Å². The quantitative estimate of drug-likeness (QED) is 0.872. The first-order chi connectivity index (χ1) is 9.28. The predicted octanol–water partition coefficient (Wildman–Crippen LogP) is 1.22. The lowest BCUT2D eigenvalue weighted by Crippen LogP contribution is -2.55. The smallest absolute Gasteiger partial charge is 0.184 e. The van der Waals surface area contributed by atoms with E-state index in [0.717, 1.165) is 5.56 Å². The molecule has 0 spiro atoms. The van der Waals surface area contributed by atoms with Crippen molar-refractivity contribution < 1.29 is 24.1 Å². The van der Waals surface area contributed by atoms with E-state index in [9.17, 15) is 5.11 Å². The minimum atomic E-state index is -0.598. The maximum atomic E-state index is 10.1. The minimum absolute atomic E-state index is 0.284. The molecule has 0 aliphatic carbocycles. The van der Waals surface area contributed by atoms with E-state index in [4.69, 9.17) is 18.9 Å². The van der Waals surface area contributed by atoms with Crippen LogP contribution in [0.25, 0.3) is 0 Å². The van der Waals surface area contributed by atoms with Crippen LogP contribution in [0, 0.1) is 0 Å². The summed E-state index contributed by atoms with van der Waals surface area (Å²) in [6, 6.07) is 9.70. The van der Waals surface area contributed by atoms with Crippen molar-refractivity contribution in [2.75, 3.05) is 13.7 Å². The van der Waals surface area contributed by atoms with Crippen LogP contribution in [0.3, 0.4) is 0 Å². The third-order valence-corrected chi connectivity index (χ3v) is 3.53. The summed E-state index contributed by atoms with van der Waals surface area (Å²) in [7, 11) is 1.56. The largest absolute Gasteiger partial charge is 0.390 e. The highest BCUT2D eigenvalue weighted by molar-refractivity contribution is 5.16. The average Bonchev–Trinajstić information content (AvgIpc) is 2.47. The monoisotopic (exact) mass is 266 g/mol. The lowest BCUT2D eigenvalue weighted by Gasteiger charge is -2.43. The summed E-state index contributed by atoms with van der Waals surface area (Å²) < 4.78 is 22.3. The highest BCUT2D eigenvalue weighted by atomic mass is 16.7. The van der Waals surface area contributed by atoms with Gasteiger partial charge in [-0.3, -0.25) is 0 Å². The summed E-state index contributed by atoms with van der Waals surface area (Å²) in [5.74, 6) is 0. The molecule has 5 heteroatoms. The molecule has 0 amide bonds. The molecule has 104 valence electrons. The second kappa shape index (κ2) is 5.56. The van der Waals surface area contributed by atoms with E-state index in [1.807, 2.05) is 30.3 Å². The van der Waals surface area contributed by atoms with Gasteiger partial charge in [-0.05, 0) is 0 Å². The summed E-state index contributed by atoms with van der Waals surface area (Å²) in [6.45, 7) is 0.390. The zero-order valence-electron chi connectivity index (χ0n) is 10.8. The third-order valence-electron chi connectivity index (χ3n) is 3.53. The number of methoxy groups -OCH3 is 1. The number of aliphatic hydroxyl groups is 1. The number of ether oxygens (including phenoxy) is 4. The van der Waals surface area contributed by atoms with E-state index >= 15 is 0 Å². The van der Waals surface area contributed by atoms with Crippen molar-refractivity contribution in [3.8, 4) is 0 Å². The van der Waals surface area contributed by atoms with E-state index < -0.39 is 18.7 Å². The van der Waals surface area contributed by atoms with Gasteiger partial charge in [0.2, 0.25) is 0 Å². The topological polar surface area (TPSA) is 57.2 Å². The van der Waals surface area contributed by atoms with Crippen molar-refractivity contribution >= 4 is 0 Å². The summed E-state index contributed by atoms with van der Waals surface area (Å²) in [5, 5.41) is 10.1. The van der Waals surface area contributed by atoms with Crippen LogP contribution < -0.4 is 0 Å². The van der Waals surface area contributed by atoms with Crippen molar-refractivity contribution in [3.05, 3.63) is 35.9 Å². The zero-order valence-corrected chi connectivity index (χ0v) is 10.8. The molecular weight excluding hydrogens is 248 g/mol. The van der Waals surface area contributed by atoms with Crippen LogP contribution in [0.5, 0.6) is 0 Å². The normalized spacial score (nSPS) is 38.7.